The number of anilines is 1. The number of hydrogen-bond acceptors (Lipinski definition) is 2. The van der Waals surface area contributed by atoms with Crippen molar-refractivity contribution in [2.45, 2.75) is 11.8 Å². The van der Waals surface area contributed by atoms with E-state index in [1.165, 1.54) is 6.07 Å². The zero-order chi connectivity index (χ0) is 10.0. The molecule has 1 aromatic rings. The third-order valence-corrected chi connectivity index (χ3v) is 2.87. The average Bonchev–Trinajstić information content (AvgIpc) is 2.08. The molecule has 0 aliphatic carbocycles. The zero-order valence-electron chi connectivity index (χ0n) is 6.40. The smallest absolute Gasteiger partial charge is 0.265 e. The fraction of sp³-hybridized carbons (Fsp3) is 0.286. The molecule has 0 unspecified atom stereocenters. The molecule has 0 aliphatic rings. The number of nitrogens with zero attached hydrogens (tertiary/aromatic N) is 1. The minimum Gasteiger partial charge on any atom is -0.383 e. The van der Waals surface area contributed by atoms with E-state index in [0.717, 1.165) is 0 Å². The van der Waals surface area contributed by atoms with Gasteiger partial charge in [-0.1, -0.05) is 15.9 Å². The topological polar surface area (TPSA) is 38.9 Å². The number of hydrogen-bond donors (Lipinski definition) is 1. The number of pyridine rings is 1. The Morgan fingerprint density at radius 3 is 2.69 bits per heavy atom. The van der Waals surface area contributed by atoms with Crippen molar-refractivity contribution in [1.82, 2.24) is 4.98 Å². The van der Waals surface area contributed by atoms with Gasteiger partial charge in [0.15, 0.2) is 0 Å². The van der Waals surface area contributed by atoms with Gasteiger partial charge in [0, 0.05) is 10.9 Å². The number of nitrogens with two attached hydrogens (primary N) is 1. The standard InChI is InChI=1S/C7H6BrF2IN2/c8-2-5-3(6(9)10)1-4(11)7(12)13-5/h1,6H,2H2,(H2,12,13). The lowest BCUT2D eigenvalue weighted by Gasteiger charge is -2.07. The maximum absolute atomic E-state index is 12.4. The van der Waals surface area contributed by atoms with Crippen LogP contribution in [0.2, 0.25) is 0 Å². The van der Waals surface area contributed by atoms with Crippen molar-refractivity contribution >= 4 is 44.3 Å². The minimum absolute atomic E-state index is 0.0597. The summed E-state index contributed by atoms with van der Waals surface area (Å²) in [4.78, 5) is 3.86. The Morgan fingerprint density at radius 1 is 1.62 bits per heavy atom. The number of alkyl halides is 3. The molecule has 0 saturated carbocycles. The molecule has 1 rings (SSSR count). The lowest BCUT2D eigenvalue weighted by atomic mass is 10.2. The van der Waals surface area contributed by atoms with Crippen molar-refractivity contribution < 1.29 is 8.78 Å². The first kappa shape index (κ1) is 11.1. The number of halogens is 4. The van der Waals surface area contributed by atoms with Crippen LogP contribution in [0, 0.1) is 3.57 Å². The summed E-state index contributed by atoms with van der Waals surface area (Å²) in [5.74, 6) is 0.291. The van der Waals surface area contributed by atoms with Crippen LogP contribution in [0.15, 0.2) is 6.07 Å². The van der Waals surface area contributed by atoms with Crippen LogP contribution >= 0.6 is 38.5 Å². The zero-order valence-corrected chi connectivity index (χ0v) is 10.1. The van der Waals surface area contributed by atoms with Gasteiger partial charge in [0.1, 0.15) is 5.82 Å². The predicted octanol–water partition coefficient (Wildman–Crippen LogP) is 3.10. The van der Waals surface area contributed by atoms with E-state index in [4.69, 9.17) is 5.73 Å². The van der Waals surface area contributed by atoms with Crippen LogP contribution in [0.3, 0.4) is 0 Å². The van der Waals surface area contributed by atoms with Crippen molar-refractivity contribution in [2.75, 3.05) is 5.73 Å². The molecule has 2 nitrogen and oxygen atoms in total. The first-order valence-electron chi connectivity index (χ1n) is 3.35. The SMILES string of the molecule is Nc1nc(CBr)c(C(F)F)cc1I. The van der Waals surface area contributed by atoms with E-state index in [9.17, 15) is 8.78 Å². The van der Waals surface area contributed by atoms with E-state index < -0.39 is 6.43 Å². The summed E-state index contributed by atoms with van der Waals surface area (Å²) in [6.07, 6.45) is -2.51. The van der Waals surface area contributed by atoms with Crippen molar-refractivity contribution in [3.8, 4) is 0 Å². The highest BCUT2D eigenvalue weighted by Crippen LogP contribution is 2.27. The molecule has 13 heavy (non-hydrogen) atoms. The molecule has 0 spiro atoms. The normalized spacial score (nSPS) is 10.8. The highest BCUT2D eigenvalue weighted by atomic mass is 127. The maximum Gasteiger partial charge on any atom is 0.265 e. The molecular formula is C7H6BrF2IN2. The van der Waals surface area contributed by atoms with Gasteiger partial charge in [-0.2, -0.15) is 0 Å². The molecular weight excluding hydrogens is 357 g/mol. The van der Waals surface area contributed by atoms with Crippen LogP contribution in [-0.4, -0.2) is 4.98 Å². The Balaban J connectivity index is 3.25. The van der Waals surface area contributed by atoms with Gasteiger partial charge in [-0.15, -0.1) is 0 Å². The van der Waals surface area contributed by atoms with Crippen LogP contribution in [0.25, 0.3) is 0 Å². The first-order valence-corrected chi connectivity index (χ1v) is 5.55. The molecule has 6 heteroatoms. The Bertz CT molecular complexity index is 320. The highest BCUT2D eigenvalue weighted by molar-refractivity contribution is 14.1. The molecule has 72 valence electrons. The first-order chi connectivity index (χ1) is 6.06. The third-order valence-electron chi connectivity index (χ3n) is 1.48. The van der Waals surface area contributed by atoms with Crippen LogP contribution < -0.4 is 5.73 Å². The van der Waals surface area contributed by atoms with Crippen LogP contribution in [-0.2, 0) is 5.33 Å². The molecule has 0 amide bonds. The fourth-order valence-corrected chi connectivity index (χ4v) is 1.76. The lowest BCUT2D eigenvalue weighted by molar-refractivity contribution is 0.150. The molecule has 0 atom stereocenters. The van der Waals surface area contributed by atoms with Crippen molar-refractivity contribution in [3.63, 3.8) is 0 Å². The van der Waals surface area contributed by atoms with E-state index in [2.05, 4.69) is 20.9 Å². The number of rotatable bonds is 2. The van der Waals surface area contributed by atoms with Gasteiger partial charge in [0.2, 0.25) is 0 Å². The summed E-state index contributed by atoms with van der Waals surface area (Å²) in [5, 5.41) is 0.286. The van der Waals surface area contributed by atoms with E-state index in [0.29, 0.717) is 15.1 Å². The van der Waals surface area contributed by atoms with E-state index in [1.807, 2.05) is 22.6 Å². The molecule has 0 aromatic carbocycles. The van der Waals surface area contributed by atoms with Crippen molar-refractivity contribution in [3.05, 3.63) is 20.9 Å². The summed E-state index contributed by atoms with van der Waals surface area (Å²) in [5.41, 5.74) is 5.72. The van der Waals surface area contributed by atoms with Gasteiger partial charge in [0.05, 0.1) is 9.26 Å². The Labute approximate surface area is 96.2 Å². The monoisotopic (exact) mass is 362 g/mol. The maximum atomic E-state index is 12.4. The van der Waals surface area contributed by atoms with Crippen LogP contribution in [0.4, 0.5) is 14.6 Å². The lowest BCUT2D eigenvalue weighted by Crippen LogP contribution is -2.02. The summed E-state index contributed by atoms with van der Waals surface area (Å²) in [7, 11) is 0. The second-order valence-electron chi connectivity index (χ2n) is 2.33. The molecule has 0 aliphatic heterocycles. The van der Waals surface area contributed by atoms with Crippen LogP contribution in [0.1, 0.15) is 17.7 Å². The number of nitrogen functional groups attached to an aromatic ring is 1. The van der Waals surface area contributed by atoms with Gasteiger partial charge < -0.3 is 5.73 Å². The van der Waals surface area contributed by atoms with Crippen LogP contribution in [0.5, 0.6) is 0 Å². The average molecular weight is 363 g/mol. The Hall–Kier alpha value is 0.0200. The molecule has 0 saturated heterocycles. The summed E-state index contributed by atoms with van der Waals surface area (Å²) >= 11 is 4.96. The molecule has 0 bridgehead atoms. The third kappa shape index (κ3) is 2.49. The summed E-state index contributed by atoms with van der Waals surface area (Å²) < 4.78 is 25.4. The molecule has 0 radical (unpaired) electrons. The Kier molecular flexibility index (Phi) is 3.84. The molecule has 2 N–H and O–H groups in total. The predicted molar refractivity (Wildman–Crippen MR) is 59.0 cm³/mol. The van der Waals surface area contributed by atoms with Gasteiger partial charge >= 0.3 is 0 Å². The van der Waals surface area contributed by atoms with Gasteiger partial charge in [0.25, 0.3) is 6.43 Å². The Morgan fingerprint density at radius 2 is 2.23 bits per heavy atom. The summed E-state index contributed by atoms with van der Waals surface area (Å²) in [6.45, 7) is 0. The molecule has 0 fully saturated rings. The van der Waals surface area contributed by atoms with Gasteiger partial charge in [-0.05, 0) is 28.7 Å². The van der Waals surface area contributed by atoms with Crippen molar-refractivity contribution in [2.24, 2.45) is 0 Å². The highest BCUT2D eigenvalue weighted by Gasteiger charge is 2.15. The van der Waals surface area contributed by atoms with Crippen molar-refractivity contribution in [1.29, 1.82) is 0 Å². The number of aromatic nitrogens is 1. The largest absolute Gasteiger partial charge is 0.383 e. The van der Waals surface area contributed by atoms with E-state index in [-0.39, 0.29) is 10.9 Å². The molecule has 1 aromatic heterocycles. The van der Waals surface area contributed by atoms with Gasteiger partial charge in [-0.3, -0.25) is 0 Å². The van der Waals surface area contributed by atoms with Gasteiger partial charge in [-0.25, -0.2) is 13.8 Å². The minimum atomic E-state index is -2.51. The van der Waals surface area contributed by atoms with E-state index in [1.54, 1.807) is 0 Å². The molecule has 1 heterocycles. The summed E-state index contributed by atoms with van der Waals surface area (Å²) in [6, 6.07) is 1.37. The second kappa shape index (κ2) is 4.50. The fourth-order valence-electron chi connectivity index (χ4n) is 0.853. The quantitative estimate of drug-likeness (QED) is 0.648. The van der Waals surface area contributed by atoms with E-state index >= 15 is 0 Å². The second-order valence-corrected chi connectivity index (χ2v) is 4.05.